The van der Waals surface area contributed by atoms with E-state index >= 15 is 0 Å². The summed E-state index contributed by atoms with van der Waals surface area (Å²) in [4.78, 5) is 24.7. The minimum Gasteiger partial charge on any atom is -0.294 e. The van der Waals surface area contributed by atoms with Gasteiger partial charge in [0.1, 0.15) is 5.82 Å². The Morgan fingerprint density at radius 2 is 1.78 bits per heavy atom. The molecule has 1 saturated carbocycles. The second-order valence-corrected chi connectivity index (χ2v) is 7.83. The maximum atomic E-state index is 14.3. The van der Waals surface area contributed by atoms with E-state index in [9.17, 15) is 14.0 Å². The van der Waals surface area contributed by atoms with Crippen molar-refractivity contribution in [3.8, 4) is 0 Å². The van der Waals surface area contributed by atoms with Crippen molar-refractivity contribution in [2.45, 2.75) is 52.9 Å². The highest BCUT2D eigenvalue weighted by atomic mass is 35.5. The van der Waals surface area contributed by atoms with Crippen molar-refractivity contribution in [1.82, 2.24) is 0 Å². The summed E-state index contributed by atoms with van der Waals surface area (Å²) in [6.07, 6.45) is 2.71. The standard InChI is InChI=1S/C19H22ClFO2/c1-11-5-6-14(20)18(21)17(11)12-9-15(22)13(16(23)10-12)7-8-19(2,3)4/h5-7,12H,8-10H2,1-4H3. The first kappa shape index (κ1) is 17.9. The van der Waals surface area contributed by atoms with Crippen molar-refractivity contribution in [2.24, 2.45) is 5.41 Å². The molecule has 0 saturated heterocycles. The smallest absolute Gasteiger partial charge is 0.166 e. The predicted octanol–water partition coefficient (Wildman–Crippen LogP) is 5.17. The lowest BCUT2D eigenvalue weighted by Crippen LogP contribution is -2.26. The monoisotopic (exact) mass is 336 g/mol. The molecule has 0 aromatic heterocycles. The van der Waals surface area contributed by atoms with Gasteiger partial charge in [0.25, 0.3) is 0 Å². The average Bonchev–Trinajstić information content (AvgIpc) is 2.41. The fraction of sp³-hybridized carbons (Fsp3) is 0.474. The molecule has 23 heavy (non-hydrogen) atoms. The summed E-state index contributed by atoms with van der Waals surface area (Å²) in [5.74, 6) is -1.34. The number of allylic oxidation sites excluding steroid dienone is 2. The predicted molar refractivity (Wildman–Crippen MR) is 90.3 cm³/mol. The highest BCUT2D eigenvalue weighted by molar-refractivity contribution is 6.30. The Balaban J connectivity index is 2.29. The number of hydrogen-bond acceptors (Lipinski definition) is 2. The van der Waals surface area contributed by atoms with Crippen molar-refractivity contribution >= 4 is 23.2 Å². The van der Waals surface area contributed by atoms with Gasteiger partial charge in [-0.2, -0.15) is 0 Å². The maximum Gasteiger partial charge on any atom is 0.166 e. The van der Waals surface area contributed by atoms with Crippen LogP contribution in [-0.2, 0) is 9.59 Å². The average molecular weight is 337 g/mol. The van der Waals surface area contributed by atoms with Gasteiger partial charge in [-0.1, -0.05) is 44.5 Å². The van der Waals surface area contributed by atoms with Gasteiger partial charge in [0.05, 0.1) is 10.6 Å². The molecule has 0 radical (unpaired) electrons. The highest BCUT2D eigenvalue weighted by Gasteiger charge is 2.33. The van der Waals surface area contributed by atoms with Gasteiger partial charge in [-0.25, -0.2) is 4.39 Å². The Hall–Kier alpha value is -1.48. The Bertz CT molecular complexity index is 663. The SMILES string of the molecule is Cc1ccc(Cl)c(F)c1C1CC(=O)C(=CCC(C)(C)C)C(=O)C1. The van der Waals surface area contributed by atoms with Gasteiger partial charge in [-0.05, 0) is 36.0 Å². The molecule has 4 heteroatoms. The van der Waals surface area contributed by atoms with E-state index in [0.29, 0.717) is 12.0 Å². The minimum absolute atomic E-state index is 0.0139. The fourth-order valence-electron chi connectivity index (χ4n) is 2.90. The molecule has 0 unspecified atom stereocenters. The highest BCUT2D eigenvalue weighted by Crippen LogP contribution is 2.37. The number of halogens is 2. The Morgan fingerprint density at radius 3 is 2.30 bits per heavy atom. The fourth-order valence-corrected chi connectivity index (χ4v) is 3.06. The molecule has 0 bridgehead atoms. The number of ketones is 2. The van der Waals surface area contributed by atoms with E-state index in [1.54, 1.807) is 19.1 Å². The number of rotatable bonds is 2. The first-order chi connectivity index (χ1) is 10.6. The summed E-state index contributed by atoms with van der Waals surface area (Å²) in [7, 11) is 0. The van der Waals surface area contributed by atoms with Crippen LogP contribution >= 0.6 is 11.6 Å². The Kier molecular flexibility index (Phi) is 5.10. The lowest BCUT2D eigenvalue weighted by atomic mass is 9.77. The van der Waals surface area contributed by atoms with Crippen molar-refractivity contribution in [3.63, 3.8) is 0 Å². The summed E-state index contributed by atoms with van der Waals surface area (Å²) in [5.41, 5.74) is 1.41. The van der Waals surface area contributed by atoms with Crippen LogP contribution in [0.5, 0.6) is 0 Å². The first-order valence-electron chi connectivity index (χ1n) is 7.81. The van der Waals surface area contributed by atoms with Crippen LogP contribution in [-0.4, -0.2) is 11.6 Å². The number of aryl methyl sites for hydroxylation is 1. The molecule has 0 spiro atoms. The second kappa shape index (κ2) is 6.56. The minimum atomic E-state index is -0.514. The normalized spacial score (nSPS) is 19.2. The molecule has 0 amide bonds. The van der Waals surface area contributed by atoms with Gasteiger partial charge in [0.15, 0.2) is 11.6 Å². The Morgan fingerprint density at radius 1 is 1.22 bits per heavy atom. The lowest BCUT2D eigenvalue weighted by molar-refractivity contribution is -0.124. The largest absolute Gasteiger partial charge is 0.294 e. The third-order valence-corrected chi connectivity index (χ3v) is 4.43. The van der Waals surface area contributed by atoms with E-state index in [1.807, 2.05) is 0 Å². The number of benzene rings is 1. The molecule has 2 nitrogen and oxygen atoms in total. The van der Waals surface area contributed by atoms with Crippen molar-refractivity contribution in [1.29, 1.82) is 0 Å². The summed E-state index contributed by atoms with van der Waals surface area (Å²) in [5, 5.41) is 0.0274. The van der Waals surface area contributed by atoms with Crippen molar-refractivity contribution < 1.29 is 14.0 Å². The van der Waals surface area contributed by atoms with Crippen LogP contribution in [0.15, 0.2) is 23.8 Å². The van der Waals surface area contributed by atoms with E-state index < -0.39 is 11.7 Å². The van der Waals surface area contributed by atoms with Crippen LogP contribution in [0.2, 0.25) is 5.02 Å². The van der Waals surface area contributed by atoms with Crippen LogP contribution in [0, 0.1) is 18.2 Å². The Labute approximate surface area is 141 Å². The molecule has 0 atom stereocenters. The molecule has 1 aliphatic carbocycles. The van der Waals surface area contributed by atoms with E-state index in [1.165, 1.54) is 6.07 Å². The third-order valence-electron chi connectivity index (χ3n) is 4.14. The van der Waals surface area contributed by atoms with Crippen LogP contribution in [0.4, 0.5) is 4.39 Å². The molecular weight excluding hydrogens is 315 g/mol. The lowest BCUT2D eigenvalue weighted by Gasteiger charge is -2.25. The zero-order valence-corrected chi connectivity index (χ0v) is 14.8. The van der Waals surface area contributed by atoms with Crippen LogP contribution in [0.1, 0.15) is 57.1 Å². The second-order valence-electron chi connectivity index (χ2n) is 7.43. The molecule has 1 aromatic rings. The zero-order valence-electron chi connectivity index (χ0n) is 14.0. The van der Waals surface area contributed by atoms with E-state index in [2.05, 4.69) is 20.8 Å². The van der Waals surface area contributed by atoms with Crippen molar-refractivity contribution in [2.75, 3.05) is 0 Å². The van der Waals surface area contributed by atoms with Gasteiger partial charge in [0.2, 0.25) is 0 Å². The number of Topliss-reactive ketones (excluding diaryl/α,β-unsaturated/α-hetero) is 2. The summed E-state index contributed by atoms with van der Waals surface area (Å²) in [6.45, 7) is 7.93. The first-order valence-corrected chi connectivity index (χ1v) is 8.19. The molecule has 2 rings (SSSR count). The van der Waals surface area contributed by atoms with E-state index in [4.69, 9.17) is 11.6 Å². The van der Waals surface area contributed by atoms with Gasteiger partial charge in [-0.3, -0.25) is 9.59 Å². The van der Waals surface area contributed by atoms with Gasteiger partial charge in [-0.15, -0.1) is 0 Å². The molecule has 0 N–H and O–H groups in total. The van der Waals surface area contributed by atoms with Gasteiger partial charge >= 0.3 is 0 Å². The van der Waals surface area contributed by atoms with E-state index in [0.717, 1.165) is 5.56 Å². The molecule has 1 fully saturated rings. The molecule has 1 aliphatic rings. The maximum absolute atomic E-state index is 14.3. The van der Waals surface area contributed by atoms with Gasteiger partial charge < -0.3 is 0 Å². The summed E-state index contributed by atoms with van der Waals surface area (Å²) in [6, 6.07) is 3.22. The quantitative estimate of drug-likeness (QED) is 0.551. The number of carbonyl (C=O) groups excluding carboxylic acids is 2. The molecule has 0 aliphatic heterocycles. The van der Waals surface area contributed by atoms with Crippen LogP contribution in [0.3, 0.4) is 0 Å². The van der Waals surface area contributed by atoms with Gasteiger partial charge in [0, 0.05) is 18.8 Å². The van der Waals surface area contributed by atoms with Crippen LogP contribution in [0.25, 0.3) is 0 Å². The molecule has 1 aromatic carbocycles. The zero-order chi connectivity index (χ0) is 17.4. The van der Waals surface area contributed by atoms with E-state index in [-0.39, 0.29) is 40.4 Å². The number of carbonyl (C=O) groups is 2. The third kappa shape index (κ3) is 4.08. The summed E-state index contributed by atoms with van der Waals surface area (Å²) >= 11 is 5.85. The molecule has 0 heterocycles. The summed E-state index contributed by atoms with van der Waals surface area (Å²) < 4.78 is 14.3. The number of hydrogen-bond donors (Lipinski definition) is 0. The topological polar surface area (TPSA) is 34.1 Å². The van der Waals surface area contributed by atoms with Crippen LogP contribution < -0.4 is 0 Å². The van der Waals surface area contributed by atoms with Crippen molar-refractivity contribution in [3.05, 3.63) is 45.7 Å². The molecular formula is C19H22ClFO2. The molecule has 124 valence electrons.